The Hall–Kier alpha value is -1.59. The van der Waals surface area contributed by atoms with Crippen molar-refractivity contribution < 1.29 is 9.53 Å². The number of nitrogens with one attached hydrogen (secondary N) is 1. The molecule has 20 heavy (non-hydrogen) atoms. The molecule has 1 atom stereocenters. The van der Waals surface area contributed by atoms with Gasteiger partial charge in [0.1, 0.15) is 12.4 Å². The number of nitrogens with two attached hydrogens (primary N) is 1. The number of fused-ring (bicyclic) bond motifs is 1. The Bertz CT molecular complexity index is 450. The summed E-state index contributed by atoms with van der Waals surface area (Å²) >= 11 is 0. The van der Waals surface area contributed by atoms with Gasteiger partial charge in [-0.1, -0.05) is 25.1 Å². The summed E-state index contributed by atoms with van der Waals surface area (Å²) in [5.41, 5.74) is 6.60. The predicted molar refractivity (Wildman–Crippen MR) is 78.5 cm³/mol. The summed E-state index contributed by atoms with van der Waals surface area (Å²) in [6, 6.07) is 7.85. The third-order valence-corrected chi connectivity index (χ3v) is 3.56. The Morgan fingerprint density at radius 1 is 1.50 bits per heavy atom. The SMILES string of the molecule is CCNC(CCN1CCOc2ccccc2C1)C(N)=O. The van der Waals surface area contributed by atoms with Crippen LogP contribution in [0.5, 0.6) is 5.75 Å². The molecule has 1 heterocycles. The highest BCUT2D eigenvalue weighted by molar-refractivity contribution is 5.79. The molecule has 1 aromatic rings. The minimum Gasteiger partial charge on any atom is -0.492 e. The lowest BCUT2D eigenvalue weighted by Crippen LogP contribution is -2.43. The maximum atomic E-state index is 11.3. The molecule has 0 spiro atoms. The maximum absolute atomic E-state index is 11.3. The number of likely N-dealkylation sites (N-methyl/N-ethyl adjacent to an activating group) is 1. The average Bonchev–Trinajstić information content (AvgIpc) is 2.64. The molecule has 3 N–H and O–H groups in total. The molecule has 0 aliphatic carbocycles. The second-order valence-electron chi connectivity index (χ2n) is 5.03. The van der Waals surface area contributed by atoms with Gasteiger partial charge in [0.2, 0.25) is 5.91 Å². The van der Waals surface area contributed by atoms with Crippen LogP contribution in [-0.4, -0.2) is 43.1 Å². The number of carbonyl (C=O) groups is 1. The van der Waals surface area contributed by atoms with Crippen LogP contribution in [-0.2, 0) is 11.3 Å². The number of benzene rings is 1. The number of amides is 1. The standard InChI is InChI=1S/C15H23N3O2/c1-2-17-13(15(16)19)7-8-18-9-10-20-14-6-4-3-5-12(14)11-18/h3-6,13,17H,2,7-11H2,1H3,(H2,16,19). The Kier molecular flexibility index (Phi) is 5.38. The monoisotopic (exact) mass is 277 g/mol. The number of primary amides is 1. The topological polar surface area (TPSA) is 67.6 Å². The van der Waals surface area contributed by atoms with Gasteiger partial charge >= 0.3 is 0 Å². The van der Waals surface area contributed by atoms with Gasteiger partial charge in [0.05, 0.1) is 6.04 Å². The van der Waals surface area contributed by atoms with E-state index >= 15 is 0 Å². The molecule has 1 aromatic carbocycles. The third-order valence-electron chi connectivity index (χ3n) is 3.56. The second-order valence-corrected chi connectivity index (χ2v) is 5.03. The Morgan fingerprint density at radius 3 is 3.05 bits per heavy atom. The summed E-state index contributed by atoms with van der Waals surface area (Å²) in [5, 5.41) is 3.12. The van der Waals surface area contributed by atoms with Gasteiger partial charge < -0.3 is 15.8 Å². The van der Waals surface area contributed by atoms with E-state index in [1.807, 2.05) is 25.1 Å². The van der Waals surface area contributed by atoms with Crippen molar-refractivity contribution in [2.24, 2.45) is 5.73 Å². The van der Waals surface area contributed by atoms with Crippen LogP contribution in [0.3, 0.4) is 0 Å². The Labute approximate surface area is 120 Å². The largest absolute Gasteiger partial charge is 0.492 e. The molecule has 1 aliphatic heterocycles. The number of para-hydroxylation sites is 1. The van der Waals surface area contributed by atoms with Crippen LogP contribution in [0, 0.1) is 0 Å². The van der Waals surface area contributed by atoms with Crippen LogP contribution in [0.2, 0.25) is 0 Å². The molecule has 110 valence electrons. The molecular formula is C15H23N3O2. The lowest BCUT2D eigenvalue weighted by Gasteiger charge is -2.22. The van der Waals surface area contributed by atoms with E-state index in [2.05, 4.69) is 16.3 Å². The molecule has 1 aliphatic rings. The summed E-state index contributed by atoms with van der Waals surface area (Å²) in [4.78, 5) is 13.6. The number of carbonyl (C=O) groups excluding carboxylic acids is 1. The molecule has 0 fully saturated rings. The number of rotatable bonds is 6. The first-order chi connectivity index (χ1) is 9.70. The number of nitrogens with zero attached hydrogens (tertiary/aromatic N) is 1. The van der Waals surface area contributed by atoms with E-state index in [0.717, 1.165) is 38.3 Å². The first kappa shape index (κ1) is 14.8. The second kappa shape index (κ2) is 7.26. The van der Waals surface area contributed by atoms with Crippen molar-refractivity contribution in [1.29, 1.82) is 0 Å². The van der Waals surface area contributed by atoms with Crippen LogP contribution < -0.4 is 15.8 Å². The van der Waals surface area contributed by atoms with Crippen molar-refractivity contribution in [3.63, 3.8) is 0 Å². The normalized spacial score (nSPS) is 16.9. The van der Waals surface area contributed by atoms with E-state index in [9.17, 15) is 4.79 Å². The van der Waals surface area contributed by atoms with Crippen LogP contribution in [0.4, 0.5) is 0 Å². The molecule has 0 saturated heterocycles. The lowest BCUT2D eigenvalue weighted by molar-refractivity contribution is -0.120. The third kappa shape index (κ3) is 3.95. The molecule has 5 heteroatoms. The number of hydrogen-bond acceptors (Lipinski definition) is 4. The van der Waals surface area contributed by atoms with Gasteiger partial charge in [-0.05, 0) is 19.0 Å². The Morgan fingerprint density at radius 2 is 2.30 bits per heavy atom. The van der Waals surface area contributed by atoms with E-state index in [1.165, 1.54) is 5.56 Å². The first-order valence-electron chi connectivity index (χ1n) is 7.16. The Balaban J connectivity index is 1.92. The summed E-state index contributed by atoms with van der Waals surface area (Å²) < 4.78 is 5.73. The molecular weight excluding hydrogens is 254 g/mol. The van der Waals surface area contributed by atoms with Crippen molar-refractivity contribution in [2.75, 3.05) is 26.2 Å². The zero-order valence-electron chi connectivity index (χ0n) is 12.0. The summed E-state index contributed by atoms with van der Waals surface area (Å²) in [6.07, 6.45) is 0.728. The number of ether oxygens (including phenoxy) is 1. The minimum absolute atomic E-state index is 0.251. The fraction of sp³-hybridized carbons (Fsp3) is 0.533. The van der Waals surface area contributed by atoms with Crippen LogP contribution >= 0.6 is 0 Å². The van der Waals surface area contributed by atoms with E-state index in [0.29, 0.717) is 6.61 Å². The van der Waals surface area contributed by atoms with Crippen molar-refractivity contribution in [3.05, 3.63) is 29.8 Å². The molecule has 5 nitrogen and oxygen atoms in total. The average molecular weight is 277 g/mol. The predicted octanol–water partition coefficient (Wildman–Crippen LogP) is 0.734. The highest BCUT2D eigenvalue weighted by atomic mass is 16.5. The van der Waals surface area contributed by atoms with Gasteiger partial charge in [-0.15, -0.1) is 0 Å². The van der Waals surface area contributed by atoms with E-state index < -0.39 is 0 Å². The summed E-state index contributed by atoms with van der Waals surface area (Å²) in [7, 11) is 0. The van der Waals surface area contributed by atoms with Gasteiger partial charge in [0.15, 0.2) is 0 Å². The fourth-order valence-electron chi connectivity index (χ4n) is 2.47. The van der Waals surface area contributed by atoms with Gasteiger partial charge in [-0.25, -0.2) is 0 Å². The quantitative estimate of drug-likeness (QED) is 0.804. The molecule has 1 amide bonds. The van der Waals surface area contributed by atoms with Gasteiger partial charge in [0.25, 0.3) is 0 Å². The van der Waals surface area contributed by atoms with Gasteiger partial charge in [-0.2, -0.15) is 0 Å². The zero-order valence-corrected chi connectivity index (χ0v) is 12.0. The van der Waals surface area contributed by atoms with Crippen LogP contribution in [0.1, 0.15) is 18.9 Å². The molecule has 0 bridgehead atoms. The van der Waals surface area contributed by atoms with Gasteiger partial charge in [0, 0.05) is 25.2 Å². The molecule has 0 radical (unpaired) electrons. The highest BCUT2D eigenvalue weighted by Gasteiger charge is 2.18. The number of hydrogen-bond donors (Lipinski definition) is 2. The van der Waals surface area contributed by atoms with E-state index in [4.69, 9.17) is 10.5 Å². The van der Waals surface area contributed by atoms with E-state index in [1.54, 1.807) is 0 Å². The smallest absolute Gasteiger partial charge is 0.234 e. The first-order valence-corrected chi connectivity index (χ1v) is 7.16. The molecule has 0 aromatic heterocycles. The summed E-state index contributed by atoms with van der Waals surface area (Å²) in [6.45, 7) is 5.96. The van der Waals surface area contributed by atoms with E-state index in [-0.39, 0.29) is 11.9 Å². The molecule has 1 unspecified atom stereocenters. The molecule has 2 rings (SSSR count). The maximum Gasteiger partial charge on any atom is 0.234 e. The van der Waals surface area contributed by atoms with Crippen molar-refractivity contribution in [1.82, 2.24) is 10.2 Å². The summed E-state index contributed by atoms with van der Waals surface area (Å²) in [5.74, 6) is 0.687. The lowest BCUT2D eigenvalue weighted by atomic mass is 10.1. The van der Waals surface area contributed by atoms with Crippen LogP contribution in [0.25, 0.3) is 0 Å². The highest BCUT2D eigenvalue weighted by Crippen LogP contribution is 2.22. The fourth-order valence-corrected chi connectivity index (χ4v) is 2.47. The van der Waals surface area contributed by atoms with Crippen molar-refractivity contribution >= 4 is 5.91 Å². The minimum atomic E-state index is -0.279. The van der Waals surface area contributed by atoms with Crippen molar-refractivity contribution in [2.45, 2.75) is 25.9 Å². The van der Waals surface area contributed by atoms with Gasteiger partial charge in [-0.3, -0.25) is 9.69 Å². The molecule has 0 saturated carbocycles. The van der Waals surface area contributed by atoms with Crippen LogP contribution in [0.15, 0.2) is 24.3 Å². The zero-order chi connectivity index (χ0) is 14.4. The van der Waals surface area contributed by atoms with Crippen molar-refractivity contribution in [3.8, 4) is 5.75 Å².